The van der Waals surface area contributed by atoms with Crippen LogP contribution in [0.4, 0.5) is 0 Å². The van der Waals surface area contributed by atoms with Gasteiger partial charge in [0.15, 0.2) is 23.4 Å². The Hall–Kier alpha value is -3.95. The monoisotopic (exact) mass is 698 g/mol. The Kier molecular flexibility index (Phi) is 11.0. The Morgan fingerprint density at radius 2 is 1.27 bits per heavy atom. The van der Waals surface area contributed by atoms with Gasteiger partial charge in [-0.2, -0.15) is 0 Å². The van der Waals surface area contributed by atoms with Crippen LogP contribution in [0.2, 0.25) is 0 Å². The molecule has 2 aromatic carbocycles. The van der Waals surface area contributed by atoms with Crippen molar-refractivity contribution in [2.45, 2.75) is 61.4 Å². The van der Waals surface area contributed by atoms with Crippen molar-refractivity contribution in [2.75, 3.05) is 41.7 Å². The number of fused-ring (bicyclic) bond motifs is 1. The summed E-state index contributed by atoms with van der Waals surface area (Å²) in [5, 5.41) is 83.4. The van der Waals surface area contributed by atoms with Gasteiger partial charge in [-0.3, -0.25) is 4.79 Å². The second kappa shape index (κ2) is 14.9. The molecule has 3 heterocycles. The van der Waals surface area contributed by atoms with Crippen LogP contribution in [0.25, 0.3) is 22.3 Å². The molecule has 5 rings (SSSR count). The summed E-state index contributed by atoms with van der Waals surface area (Å²) in [7, 11) is 5.05. The van der Waals surface area contributed by atoms with Crippen LogP contribution >= 0.6 is 0 Å². The molecule has 8 N–H and O–H groups in total. The lowest BCUT2D eigenvalue weighted by Crippen LogP contribution is -2.65. The molecule has 0 bridgehead atoms. The molecular formula is C31H38O18. The fraction of sp³-hybridized carbons (Fsp3) is 0.516. The van der Waals surface area contributed by atoms with Crippen LogP contribution in [0.3, 0.4) is 0 Å². The van der Waals surface area contributed by atoms with Gasteiger partial charge in [-0.15, -0.1) is 0 Å². The van der Waals surface area contributed by atoms with Gasteiger partial charge in [-0.05, 0) is 24.3 Å². The van der Waals surface area contributed by atoms with Gasteiger partial charge in [0.25, 0.3) is 0 Å². The molecule has 18 heteroatoms. The third kappa shape index (κ3) is 6.43. The molecule has 10 atom stereocenters. The van der Waals surface area contributed by atoms with Gasteiger partial charge in [-0.25, -0.2) is 0 Å². The van der Waals surface area contributed by atoms with E-state index in [0.717, 1.165) is 7.11 Å². The summed E-state index contributed by atoms with van der Waals surface area (Å²) < 4.78 is 50.1. The normalized spacial score (nSPS) is 30.2. The maximum Gasteiger partial charge on any atom is 0.239 e. The lowest BCUT2D eigenvalue weighted by atomic mass is 9.97. The highest BCUT2D eigenvalue weighted by Gasteiger charge is 2.51. The van der Waals surface area contributed by atoms with Crippen molar-refractivity contribution in [1.29, 1.82) is 0 Å². The number of aliphatic hydroxyl groups excluding tert-OH is 7. The van der Waals surface area contributed by atoms with Crippen molar-refractivity contribution in [2.24, 2.45) is 0 Å². The van der Waals surface area contributed by atoms with Crippen molar-refractivity contribution in [1.82, 2.24) is 0 Å². The number of hydrogen-bond donors (Lipinski definition) is 8. The van der Waals surface area contributed by atoms with Crippen LogP contribution in [-0.4, -0.2) is 144 Å². The van der Waals surface area contributed by atoms with Crippen molar-refractivity contribution in [3.8, 4) is 45.8 Å². The molecule has 0 amide bonds. The number of hydrogen-bond acceptors (Lipinski definition) is 18. The Balaban J connectivity index is 1.58. The fourth-order valence-corrected chi connectivity index (χ4v) is 5.68. The molecule has 1 aromatic heterocycles. The van der Waals surface area contributed by atoms with Gasteiger partial charge in [0.1, 0.15) is 60.0 Å². The van der Waals surface area contributed by atoms with Crippen LogP contribution in [0.1, 0.15) is 0 Å². The highest BCUT2D eigenvalue weighted by molar-refractivity contribution is 5.96. The largest absolute Gasteiger partial charge is 0.504 e. The zero-order chi connectivity index (χ0) is 35.7. The van der Waals surface area contributed by atoms with Gasteiger partial charge >= 0.3 is 0 Å². The number of aromatic hydroxyl groups is 1. The van der Waals surface area contributed by atoms with Crippen LogP contribution in [-0.2, 0) is 14.2 Å². The second-order valence-electron chi connectivity index (χ2n) is 11.1. The van der Waals surface area contributed by atoms with E-state index in [9.17, 15) is 45.6 Å². The molecule has 0 aliphatic carbocycles. The summed E-state index contributed by atoms with van der Waals surface area (Å²) in [6, 6.07) is 6.43. The van der Waals surface area contributed by atoms with E-state index in [1.165, 1.54) is 21.3 Å². The lowest BCUT2D eigenvalue weighted by Gasteiger charge is -2.45. The highest BCUT2D eigenvalue weighted by atomic mass is 16.7. The van der Waals surface area contributed by atoms with Crippen molar-refractivity contribution < 1.29 is 83.2 Å². The van der Waals surface area contributed by atoms with Gasteiger partial charge in [-0.1, -0.05) is 0 Å². The van der Waals surface area contributed by atoms with Crippen LogP contribution in [0.5, 0.6) is 34.5 Å². The maximum atomic E-state index is 13.7. The molecule has 2 saturated heterocycles. The van der Waals surface area contributed by atoms with E-state index in [-0.39, 0.29) is 22.8 Å². The third-order valence-corrected chi connectivity index (χ3v) is 8.30. The van der Waals surface area contributed by atoms with E-state index in [0.29, 0.717) is 11.3 Å². The smallest absolute Gasteiger partial charge is 0.239 e. The molecule has 18 nitrogen and oxygen atoms in total. The average molecular weight is 699 g/mol. The summed E-state index contributed by atoms with van der Waals surface area (Å²) in [4.78, 5) is 13.7. The Labute approximate surface area is 277 Å². The Morgan fingerprint density at radius 1 is 0.673 bits per heavy atom. The van der Waals surface area contributed by atoms with E-state index in [4.69, 9.17) is 42.3 Å². The summed E-state index contributed by atoms with van der Waals surface area (Å²) >= 11 is 0. The number of phenolic OH excluding ortho intramolecular Hbond substituents is 1. The summed E-state index contributed by atoms with van der Waals surface area (Å²) in [6.07, 6.45) is -17.4. The number of rotatable bonds is 11. The van der Waals surface area contributed by atoms with Gasteiger partial charge in [0.2, 0.25) is 34.7 Å². The van der Waals surface area contributed by atoms with E-state index in [2.05, 4.69) is 0 Å². The molecule has 2 aliphatic heterocycles. The minimum absolute atomic E-state index is 0.0538. The topological polar surface area (TPSA) is 266 Å². The van der Waals surface area contributed by atoms with E-state index < -0.39 is 103 Å². The fourth-order valence-electron chi connectivity index (χ4n) is 5.68. The molecule has 270 valence electrons. The molecule has 2 fully saturated rings. The molecular weight excluding hydrogens is 660 g/mol. The predicted octanol–water partition coefficient (Wildman–Crippen LogP) is -1.80. The highest BCUT2D eigenvalue weighted by Crippen LogP contribution is 2.52. The zero-order valence-corrected chi connectivity index (χ0v) is 26.7. The van der Waals surface area contributed by atoms with Crippen molar-refractivity contribution >= 4 is 11.0 Å². The molecule has 0 saturated carbocycles. The average Bonchev–Trinajstić information content (AvgIpc) is 3.11. The number of methoxy groups -OCH3 is 4. The van der Waals surface area contributed by atoms with Crippen molar-refractivity contribution in [3.63, 3.8) is 0 Å². The number of ether oxygens (including phenoxy) is 8. The first-order valence-electron chi connectivity index (χ1n) is 14.9. The zero-order valence-electron chi connectivity index (χ0n) is 26.7. The number of aliphatic hydroxyl groups is 7. The summed E-state index contributed by atoms with van der Waals surface area (Å²) in [5.74, 6) is -1.79. The van der Waals surface area contributed by atoms with Crippen molar-refractivity contribution in [3.05, 3.63) is 34.5 Å². The quantitative estimate of drug-likeness (QED) is 0.110. The molecule has 2 aliphatic rings. The van der Waals surface area contributed by atoms with Crippen LogP contribution in [0, 0.1) is 0 Å². The first-order valence-corrected chi connectivity index (χ1v) is 14.9. The molecule has 49 heavy (non-hydrogen) atoms. The Morgan fingerprint density at radius 3 is 1.84 bits per heavy atom. The van der Waals surface area contributed by atoms with E-state index in [1.807, 2.05) is 0 Å². The van der Waals surface area contributed by atoms with E-state index in [1.54, 1.807) is 24.3 Å². The first-order chi connectivity index (χ1) is 23.4. The van der Waals surface area contributed by atoms with Gasteiger partial charge < -0.3 is 83.2 Å². The predicted molar refractivity (Wildman–Crippen MR) is 163 cm³/mol. The minimum Gasteiger partial charge on any atom is -0.504 e. The SMILES string of the molecule is COc1ccc(-c2oc3c(OC)c(OC4OC(CO)C(O)C(OC5OC(CO)C(O)C(O)C5O)C4O)c(OC)c(O)c3c(=O)c2OC)cc1. The molecule has 10 unspecified atom stereocenters. The second-order valence-corrected chi connectivity index (χ2v) is 11.1. The third-order valence-electron chi connectivity index (χ3n) is 8.30. The molecule has 0 radical (unpaired) electrons. The maximum absolute atomic E-state index is 13.7. The minimum atomic E-state index is -1.96. The van der Waals surface area contributed by atoms with Crippen LogP contribution < -0.4 is 29.1 Å². The molecule has 0 spiro atoms. The number of benzene rings is 2. The van der Waals surface area contributed by atoms with Crippen LogP contribution in [0.15, 0.2) is 33.5 Å². The van der Waals surface area contributed by atoms with E-state index >= 15 is 0 Å². The lowest BCUT2D eigenvalue weighted by molar-refractivity contribution is -0.353. The Bertz CT molecular complexity index is 1660. The van der Waals surface area contributed by atoms with Gasteiger partial charge in [0, 0.05) is 5.56 Å². The summed E-state index contributed by atoms with van der Waals surface area (Å²) in [5.41, 5.74) is -0.748. The number of phenols is 1. The summed E-state index contributed by atoms with van der Waals surface area (Å²) in [6.45, 7) is -1.61. The molecule has 3 aromatic rings. The van der Waals surface area contributed by atoms with Gasteiger partial charge in [0.05, 0.1) is 41.7 Å². The standard InChI is InChI=1S/C31H38O18/c1-41-12-7-5-11(6-8-12)23-26(42-2)18(36)15-19(37)27(43-3)29(28(44-4)24(15)47-23)49-31-22(40)25(17(35)14(10-33)46-31)48-30-21(39)20(38)16(34)13(9-32)45-30/h5-8,13-14,16-17,20-22,25,30-35,37-40H,9-10H2,1-4H3. The first kappa shape index (κ1) is 36.3.